The van der Waals surface area contributed by atoms with Crippen molar-refractivity contribution in [2.45, 2.75) is 32.6 Å². The van der Waals surface area contributed by atoms with E-state index < -0.39 is 5.97 Å². The molecule has 1 aliphatic rings. The molecule has 0 atom stereocenters. The number of thiophene rings is 1. The van der Waals surface area contributed by atoms with Crippen LogP contribution >= 0.6 is 11.3 Å². The lowest BCUT2D eigenvalue weighted by atomic mass is 10.0. The highest BCUT2D eigenvalue weighted by molar-refractivity contribution is 7.15. The number of benzene rings is 1. The van der Waals surface area contributed by atoms with Gasteiger partial charge in [-0.2, -0.15) is 0 Å². The molecule has 1 aromatic heterocycles. The third-order valence-electron chi connectivity index (χ3n) is 4.86. The molecule has 1 amide bonds. The Bertz CT molecular complexity index is 790. The molecule has 2 aromatic rings. The van der Waals surface area contributed by atoms with Gasteiger partial charge in [0, 0.05) is 10.9 Å². The summed E-state index contributed by atoms with van der Waals surface area (Å²) in [6.45, 7) is 4.29. The summed E-state index contributed by atoms with van der Waals surface area (Å²) in [5, 5.41) is 5.39. The van der Waals surface area contributed by atoms with Gasteiger partial charge >= 0.3 is 5.97 Å². The van der Waals surface area contributed by atoms with E-state index in [0.29, 0.717) is 17.1 Å². The summed E-state index contributed by atoms with van der Waals surface area (Å²) in [5.41, 5.74) is 3.30. The molecule has 0 spiro atoms. The van der Waals surface area contributed by atoms with Crippen molar-refractivity contribution in [3.8, 4) is 11.1 Å². The van der Waals surface area contributed by atoms with Gasteiger partial charge in [-0.05, 0) is 38.4 Å². The van der Waals surface area contributed by atoms with E-state index >= 15 is 0 Å². The molecule has 1 aromatic carbocycles. The predicted octanol–water partition coefficient (Wildman–Crippen LogP) is 4.32. The summed E-state index contributed by atoms with van der Waals surface area (Å²) in [5.74, 6) is -0.517. The van der Waals surface area contributed by atoms with Crippen LogP contribution in [-0.2, 0) is 9.53 Å². The van der Waals surface area contributed by atoms with Crippen LogP contribution in [0.25, 0.3) is 11.1 Å². The molecular formula is C21H26N2O3S. The molecule has 0 saturated carbocycles. The van der Waals surface area contributed by atoms with E-state index in [2.05, 4.69) is 10.2 Å². The SMILES string of the molecule is COC(=O)c1c(-c2ccc(C)cc2)csc1NC(=O)CN1CCCCCC1. The Morgan fingerprint density at radius 2 is 1.78 bits per heavy atom. The molecule has 6 heteroatoms. The van der Waals surface area contributed by atoms with E-state index in [0.717, 1.165) is 42.6 Å². The van der Waals surface area contributed by atoms with Crippen molar-refractivity contribution in [3.05, 3.63) is 40.8 Å². The second-order valence-corrected chi connectivity index (χ2v) is 7.83. The zero-order valence-corrected chi connectivity index (χ0v) is 16.7. The van der Waals surface area contributed by atoms with Crippen LogP contribution in [0.15, 0.2) is 29.6 Å². The number of carbonyl (C=O) groups is 2. The zero-order chi connectivity index (χ0) is 19.2. The van der Waals surface area contributed by atoms with Crippen LogP contribution in [0.5, 0.6) is 0 Å². The van der Waals surface area contributed by atoms with Crippen LogP contribution in [0.2, 0.25) is 0 Å². The van der Waals surface area contributed by atoms with E-state index in [1.807, 2.05) is 36.6 Å². The highest BCUT2D eigenvalue weighted by Crippen LogP contribution is 2.36. The molecule has 0 aliphatic carbocycles. The molecular weight excluding hydrogens is 360 g/mol. The number of nitrogens with zero attached hydrogens (tertiary/aromatic N) is 1. The van der Waals surface area contributed by atoms with Crippen molar-refractivity contribution in [3.63, 3.8) is 0 Å². The summed E-state index contributed by atoms with van der Waals surface area (Å²) < 4.78 is 4.98. The second kappa shape index (κ2) is 9.15. The van der Waals surface area contributed by atoms with E-state index in [1.165, 1.54) is 31.3 Å². The van der Waals surface area contributed by atoms with Crippen LogP contribution in [0.1, 0.15) is 41.6 Å². The minimum absolute atomic E-state index is 0.0839. The first kappa shape index (κ1) is 19.6. The number of methoxy groups -OCH3 is 1. The van der Waals surface area contributed by atoms with Gasteiger partial charge in [-0.3, -0.25) is 9.69 Å². The van der Waals surface area contributed by atoms with Crippen molar-refractivity contribution in [2.24, 2.45) is 0 Å². The molecule has 0 bridgehead atoms. The van der Waals surface area contributed by atoms with Gasteiger partial charge < -0.3 is 10.1 Å². The van der Waals surface area contributed by atoms with Gasteiger partial charge in [0.2, 0.25) is 5.91 Å². The number of hydrogen-bond acceptors (Lipinski definition) is 5. The summed E-state index contributed by atoms with van der Waals surface area (Å²) >= 11 is 1.36. The molecule has 1 fully saturated rings. The lowest BCUT2D eigenvalue weighted by molar-refractivity contribution is -0.117. The van der Waals surface area contributed by atoms with Gasteiger partial charge in [-0.25, -0.2) is 4.79 Å². The Morgan fingerprint density at radius 1 is 1.11 bits per heavy atom. The number of hydrogen-bond donors (Lipinski definition) is 1. The molecule has 5 nitrogen and oxygen atoms in total. The van der Waals surface area contributed by atoms with Crippen LogP contribution in [0, 0.1) is 6.92 Å². The molecule has 3 rings (SSSR count). The maximum atomic E-state index is 12.5. The highest BCUT2D eigenvalue weighted by Gasteiger charge is 2.23. The summed E-state index contributed by atoms with van der Waals surface area (Å²) in [4.78, 5) is 27.1. The Morgan fingerprint density at radius 3 is 2.41 bits per heavy atom. The first-order valence-corrected chi connectivity index (χ1v) is 10.3. The third kappa shape index (κ3) is 4.96. The predicted molar refractivity (Wildman–Crippen MR) is 109 cm³/mol. The number of carbonyl (C=O) groups excluding carboxylic acids is 2. The Hall–Kier alpha value is -2.18. The van der Waals surface area contributed by atoms with E-state index in [-0.39, 0.29) is 5.91 Å². The summed E-state index contributed by atoms with van der Waals surface area (Å²) in [6.07, 6.45) is 4.74. The standard InChI is InChI=1S/C21H26N2O3S/c1-15-7-9-16(10-8-15)17-14-27-20(19(17)21(25)26-2)22-18(24)13-23-11-5-3-4-6-12-23/h7-10,14H,3-6,11-13H2,1-2H3,(H,22,24). The maximum absolute atomic E-state index is 12.5. The fraction of sp³-hybridized carbons (Fsp3) is 0.429. The minimum Gasteiger partial charge on any atom is -0.465 e. The number of likely N-dealkylation sites (tertiary alicyclic amines) is 1. The molecule has 0 radical (unpaired) electrons. The quantitative estimate of drug-likeness (QED) is 0.778. The average Bonchev–Trinajstić information content (AvgIpc) is 2.89. The Labute approximate surface area is 164 Å². The van der Waals surface area contributed by atoms with E-state index in [4.69, 9.17) is 4.74 Å². The molecule has 2 heterocycles. The number of anilines is 1. The number of nitrogens with one attached hydrogen (secondary N) is 1. The lowest BCUT2D eigenvalue weighted by Gasteiger charge is -2.18. The van der Waals surface area contributed by atoms with Gasteiger partial charge in [0.25, 0.3) is 0 Å². The van der Waals surface area contributed by atoms with Crippen molar-refractivity contribution in [1.82, 2.24) is 4.90 Å². The van der Waals surface area contributed by atoms with Crippen LogP contribution in [-0.4, -0.2) is 43.5 Å². The van der Waals surface area contributed by atoms with Crippen LogP contribution < -0.4 is 5.32 Å². The van der Waals surface area contributed by atoms with Gasteiger partial charge in [0.05, 0.1) is 13.7 Å². The monoisotopic (exact) mass is 386 g/mol. The van der Waals surface area contributed by atoms with Gasteiger partial charge in [0.1, 0.15) is 10.6 Å². The van der Waals surface area contributed by atoms with Gasteiger partial charge in [0.15, 0.2) is 0 Å². The van der Waals surface area contributed by atoms with Crippen LogP contribution in [0.4, 0.5) is 5.00 Å². The number of aryl methyl sites for hydroxylation is 1. The van der Waals surface area contributed by atoms with Gasteiger partial charge in [-0.1, -0.05) is 42.7 Å². The number of rotatable bonds is 5. The molecule has 27 heavy (non-hydrogen) atoms. The molecule has 0 unspecified atom stereocenters. The first-order chi connectivity index (χ1) is 13.1. The number of ether oxygens (including phenoxy) is 1. The fourth-order valence-electron chi connectivity index (χ4n) is 3.36. The summed E-state index contributed by atoms with van der Waals surface area (Å²) in [6, 6.07) is 7.97. The topological polar surface area (TPSA) is 58.6 Å². The van der Waals surface area contributed by atoms with Crippen molar-refractivity contribution < 1.29 is 14.3 Å². The Kier molecular flexibility index (Phi) is 6.63. The highest BCUT2D eigenvalue weighted by atomic mass is 32.1. The van der Waals surface area contributed by atoms with Crippen molar-refractivity contribution in [2.75, 3.05) is 32.1 Å². The maximum Gasteiger partial charge on any atom is 0.341 e. The number of amides is 1. The first-order valence-electron chi connectivity index (χ1n) is 9.37. The fourth-order valence-corrected chi connectivity index (χ4v) is 4.34. The summed E-state index contributed by atoms with van der Waals surface area (Å²) in [7, 11) is 1.36. The average molecular weight is 387 g/mol. The smallest absolute Gasteiger partial charge is 0.341 e. The van der Waals surface area contributed by atoms with Crippen molar-refractivity contribution in [1.29, 1.82) is 0 Å². The molecule has 1 saturated heterocycles. The zero-order valence-electron chi connectivity index (χ0n) is 15.9. The molecule has 1 aliphatic heterocycles. The normalized spacial score (nSPS) is 15.2. The third-order valence-corrected chi connectivity index (χ3v) is 5.76. The molecule has 1 N–H and O–H groups in total. The Balaban J connectivity index is 1.79. The van der Waals surface area contributed by atoms with Crippen LogP contribution in [0.3, 0.4) is 0 Å². The largest absolute Gasteiger partial charge is 0.465 e. The van der Waals surface area contributed by atoms with E-state index in [9.17, 15) is 9.59 Å². The lowest BCUT2D eigenvalue weighted by Crippen LogP contribution is -2.34. The number of esters is 1. The van der Waals surface area contributed by atoms with E-state index in [1.54, 1.807) is 0 Å². The van der Waals surface area contributed by atoms with Gasteiger partial charge in [-0.15, -0.1) is 11.3 Å². The molecule has 144 valence electrons. The second-order valence-electron chi connectivity index (χ2n) is 6.95. The van der Waals surface area contributed by atoms with Crippen molar-refractivity contribution >= 4 is 28.2 Å². The minimum atomic E-state index is -0.433.